The molecule has 2 amide bonds. The van der Waals surface area contributed by atoms with Gasteiger partial charge in [0.1, 0.15) is 11.4 Å². The standard InChI is InChI=1S/C18H17F3N2O3/c1-18(26-2,12-5-3-4-6-13(12)19)10-22-16(24)17(25)23-11-7-8-14(20)15(21)9-11/h3-9H,10H2,1-2H3,(H,22,24)(H,23,25). The van der Waals surface area contributed by atoms with E-state index in [-0.39, 0.29) is 17.8 Å². The van der Waals surface area contributed by atoms with Gasteiger partial charge in [-0.3, -0.25) is 9.59 Å². The summed E-state index contributed by atoms with van der Waals surface area (Å²) in [4.78, 5) is 23.8. The van der Waals surface area contributed by atoms with Crippen molar-refractivity contribution in [3.63, 3.8) is 0 Å². The number of hydrogen-bond acceptors (Lipinski definition) is 3. The van der Waals surface area contributed by atoms with Crippen LogP contribution in [0.1, 0.15) is 12.5 Å². The van der Waals surface area contributed by atoms with Crippen LogP contribution in [0.3, 0.4) is 0 Å². The van der Waals surface area contributed by atoms with Gasteiger partial charge < -0.3 is 15.4 Å². The van der Waals surface area contributed by atoms with E-state index in [0.717, 1.165) is 18.2 Å². The first-order valence-electron chi connectivity index (χ1n) is 7.61. The van der Waals surface area contributed by atoms with Crippen LogP contribution in [0.5, 0.6) is 0 Å². The summed E-state index contributed by atoms with van der Waals surface area (Å²) in [5.74, 6) is -4.86. The molecular formula is C18H17F3N2O3. The molecule has 2 aromatic carbocycles. The number of rotatable bonds is 5. The summed E-state index contributed by atoms with van der Waals surface area (Å²) in [7, 11) is 1.35. The molecule has 1 atom stereocenters. The van der Waals surface area contributed by atoms with Crippen LogP contribution in [0.2, 0.25) is 0 Å². The van der Waals surface area contributed by atoms with Crippen LogP contribution in [0.4, 0.5) is 18.9 Å². The minimum Gasteiger partial charge on any atom is -0.372 e. The van der Waals surface area contributed by atoms with Gasteiger partial charge in [0.2, 0.25) is 0 Å². The van der Waals surface area contributed by atoms with Gasteiger partial charge in [-0.05, 0) is 25.1 Å². The monoisotopic (exact) mass is 366 g/mol. The summed E-state index contributed by atoms with van der Waals surface area (Å²) < 4.78 is 45.3. The number of carbonyl (C=O) groups excluding carboxylic acids is 2. The quantitative estimate of drug-likeness (QED) is 0.800. The van der Waals surface area contributed by atoms with Crippen LogP contribution >= 0.6 is 0 Å². The third kappa shape index (κ3) is 4.40. The van der Waals surface area contributed by atoms with Crippen molar-refractivity contribution in [1.82, 2.24) is 5.32 Å². The van der Waals surface area contributed by atoms with Crippen molar-refractivity contribution in [2.75, 3.05) is 19.0 Å². The summed E-state index contributed by atoms with van der Waals surface area (Å²) in [6, 6.07) is 8.58. The molecule has 0 aromatic heterocycles. The number of ether oxygens (including phenoxy) is 1. The van der Waals surface area contributed by atoms with E-state index in [9.17, 15) is 22.8 Å². The SMILES string of the molecule is COC(C)(CNC(=O)C(=O)Nc1ccc(F)c(F)c1)c1ccccc1F. The fourth-order valence-electron chi connectivity index (χ4n) is 2.26. The highest BCUT2D eigenvalue weighted by molar-refractivity contribution is 6.39. The lowest BCUT2D eigenvalue weighted by Crippen LogP contribution is -2.44. The van der Waals surface area contributed by atoms with E-state index in [4.69, 9.17) is 4.74 Å². The first kappa shape index (κ1) is 19.5. The average Bonchev–Trinajstić information content (AvgIpc) is 2.62. The van der Waals surface area contributed by atoms with E-state index < -0.39 is 34.9 Å². The topological polar surface area (TPSA) is 67.4 Å². The Balaban J connectivity index is 2.03. The van der Waals surface area contributed by atoms with Crippen molar-refractivity contribution in [1.29, 1.82) is 0 Å². The summed E-state index contributed by atoms with van der Waals surface area (Å²) >= 11 is 0. The number of halogens is 3. The number of nitrogens with one attached hydrogen (secondary N) is 2. The Hall–Kier alpha value is -2.87. The molecule has 0 aliphatic rings. The van der Waals surface area contributed by atoms with Gasteiger partial charge in [0.15, 0.2) is 11.6 Å². The molecule has 2 rings (SSSR count). The molecule has 26 heavy (non-hydrogen) atoms. The van der Waals surface area contributed by atoms with Gasteiger partial charge in [0, 0.05) is 24.4 Å². The smallest absolute Gasteiger partial charge is 0.313 e. The molecule has 0 spiro atoms. The molecule has 0 aliphatic heterocycles. The number of methoxy groups -OCH3 is 1. The fraction of sp³-hybridized carbons (Fsp3) is 0.222. The lowest BCUT2D eigenvalue weighted by atomic mass is 9.95. The predicted octanol–water partition coefficient (Wildman–Crippen LogP) is 2.72. The van der Waals surface area contributed by atoms with E-state index in [0.29, 0.717) is 0 Å². The van der Waals surface area contributed by atoms with E-state index in [1.165, 1.54) is 25.3 Å². The minimum atomic E-state index is -1.21. The molecule has 0 bridgehead atoms. The van der Waals surface area contributed by atoms with Gasteiger partial charge in [0.05, 0.1) is 6.54 Å². The molecule has 1 unspecified atom stereocenters. The van der Waals surface area contributed by atoms with Crippen molar-refractivity contribution >= 4 is 17.5 Å². The maximum Gasteiger partial charge on any atom is 0.313 e. The highest BCUT2D eigenvalue weighted by Crippen LogP contribution is 2.26. The first-order valence-corrected chi connectivity index (χ1v) is 7.61. The Kier molecular flexibility index (Phi) is 5.99. The molecule has 5 nitrogen and oxygen atoms in total. The highest BCUT2D eigenvalue weighted by atomic mass is 19.2. The van der Waals surface area contributed by atoms with Gasteiger partial charge in [-0.25, -0.2) is 13.2 Å². The number of amides is 2. The average molecular weight is 366 g/mol. The van der Waals surface area contributed by atoms with Crippen LogP contribution < -0.4 is 10.6 Å². The van der Waals surface area contributed by atoms with Crippen molar-refractivity contribution in [3.8, 4) is 0 Å². The maximum absolute atomic E-state index is 14.0. The third-order valence-electron chi connectivity index (χ3n) is 3.86. The predicted molar refractivity (Wildman–Crippen MR) is 88.8 cm³/mol. The van der Waals surface area contributed by atoms with Gasteiger partial charge >= 0.3 is 11.8 Å². The second-order valence-electron chi connectivity index (χ2n) is 5.68. The normalized spacial score (nSPS) is 13.0. The molecule has 0 saturated carbocycles. The zero-order valence-corrected chi connectivity index (χ0v) is 14.1. The molecule has 2 aromatic rings. The Morgan fingerprint density at radius 2 is 1.69 bits per heavy atom. The number of benzene rings is 2. The Bertz CT molecular complexity index is 829. The van der Waals surface area contributed by atoms with Crippen LogP contribution in [0, 0.1) is 17.5 Å². The van der Waals surface area contributed by atoms with E-state index in [2.05, 4.69) is 10.6 Å². The van der Waals surface area contributed by atoms with E-state index in [1.54, 1.807) is 13.0 Å². The van der Waals surface area contributed by atoms with Crippen molar-refractivity contribution < 1.29 is 27.5 Å². The number of carbonyl (C=O) groups is 2. The fourth-order valence-corrected chi connectivity index (χ4v) is 2.26. The van der Waals surface area contributed by atoms with Crippen LogP contribution in [0.25, 0.3) is 0 Å². The maximum atomic E-state index is 14.0. The summed E-state index contributed by atoms with van der Waals surface area (Å²) in [5.41, 5.74) is -1.07. The number of hydrogen-bond donors (Lipinski definition) is 2. The highest BCUT2D eigenvalue weighted by Gasteiger charge is 2.30. The van der Waals surface area contributed by atoms with Crippen molar-refractivity contribution in [2.45, 2.75) is 12.5 Å². The molecular weight excluding hydrogens is 349 g/mol. The van der Waals surface area contributed by atoms with Gasteiger partial charge in [-0.15, -0.1) is 0 Å². The van der Waals surface area contributed by atoms with E-state index >= 15 is 0 Å². The van der Waals surface area contributed by atoms with Crippen LogP contribution in [-0.2, 0) is 19.9 Å². The Morgan fingerprint density at radius 1 is 1.00 bits per heavy atom. The van der Waals surface area contributed by atoms with Crippen molar-refractivity contribution in [2.24, 2.45) is 0 Å². The molecule has 0 fully saturated rings. The zero-order chi connectivity index (χ0) is 19.3. The van der Waals surface area contributed by atoms with Gasteiger partial charge in [-0.2, -0.15) is 0 Å². The third-order valence-corrected chi connectivity index (χ3v) is 3.86. The molecule has 0 saturated heterocycles. The van der Waals surface area contributed by atoms with Crippen molar-refractivity contribution in [3.05, 3.63) is 65.5 Å². The van der Waals surface area contributed by atoms with Crippen LogP contribution in [0.15, 0.2) is 42.5 Å². The van der Waals surface area contributed by atoms with Gasteiger partial charge in [0.25, 0.3) is 0 Å². The Morgan fingerprint density at radius 3 is 2.31 bits per heavy atom. The number of anilines is 1. The second kappa shape index (κ2) is 8.01. The molecule has 0 radical (unpaired) electrons. The molecule has 138 valence electrons. The van der Waals surface area contributed by atoms with E-state index in [1.807, 2.05) is 0 Å². The second-order valence-corrected chi connectivity index (χ2v) is 5.68. The Labute approximate surface area is 148 Å². The first-order chi connectivity index (χ1) is 12.3. The van der Waals surface area contributed by atoms with Gasteiger partial charge in [-0.1, -0.05) is 18.2 Å². The summed E-state index contributed by atoms with van der Waals surface area (Å²) in [6.45, 7) is 1.37. The molecule has 0 heterocycles. The molecule has 0 aliphatic carbocycles. The summed E-state index contributed by atoms with van der Waals surface area (Å²) in [6.07, 6.45) is 0. The lowest BCUT2D eigenvalue weighted by Gasteiger charge is -2.29. The molecule has 2 N–H and O–H groups in total. The largest absolute Gasteiger partial charge is 0.372 e. The zero-order valence-electron chi connectivity index (χ0n) is 14.1. The van der Waals surface area contributed by atoms with Crippen LogP contribution in [-0.4, -0.2) is 25.5 Å². The lowest BCUT2D eigenvalue weighted by molar-refractivity contribution is -0.137. The minimum absolute atomic E-state index is 0.0762. The molecule has 8 heteroatoms. The summed E-state index contributed by atoms with van der Waals surface area (Å²) in [5, 5.41) is 4.48.